The summed E-state index contributed by atoms with van der Waals surface area (Å²) in [6.45, 7) is 3.29. The van der Waals surface area contributed by atoms with Crippen LogP contribution >= 0.6 is 0 Å². The van der Waals surface area contributed by atoms with Crippen molar-refractivity contribution in [3.63, 3.8) is 0 Å². The maximum Gasteiger partial charge on any atom is 0.343 e. The largest absolute Gasteiger partial charge is 0.486 e. The van der Waals surface area contributed by atoms with E-state index >= 15 is 0 Å². The molecule has 1 heterocycles. The predicted molar refractivity (Wildman–Crippen MR) is 149 cm³/mol. The van der Waals surface area contributed by atoms with Gasteiger partial charge in [0, 0.05) is 25.3 Å². The fourth-order valence-corrected chi connectivity index (χ4v) is 4.86. The smallest absolute Gasteiger partial charge is 0.343 e. The molecule has 7 heteroatoms. The van der Waals surface area contributed by atoms with Crippen molar-refractivity contribution in [1.29, 1.82) is 0 Å². The fraction of sp³-hybridized carbons (Fsp3) is 0.258. The Bertz CT molecular complexity index is 1430. The number of methoxy groups -OCH3 is 1. The molecule has 38 heavy (non-hydrogen) atoms. The number of esters is 1. The number of hydrogen-bond donors (Lipinski definition) is 1. The molecule has 0 aromatic heterocycles. The molecule has 0 saturated carbocycles. The number of benzene rings is 4. The summed E-state index contributed by atoms with van der Waals surface area (Å²) in [6, 6.07) is 26.9. The number of fused-ring (bicyclic) bond motifs is 2. The second-order valence-electron chi connectivity index (χ2n) is 9.36. The third-order valence-corrected chi connectivity index (χ3v) is 6.81. The minimum atomic E-state index is -0.459. The van der Waals surface area contributed by atoms with Crippen LogP contribution in [0.2, 0.25) is 0 Å². The van der Waals surface area contributed by atoms with Crippen molar-refractivity contribution in [3.8, 4) is 11.5 Å². The summed E-state index contributed by atoms with van der Waals surface area (Å²) in [5.74, 6) is 0.365. The lowest BCUT2D eigenvalue weighted by Gasteiger charge is -2.36. The summed E-state index contributed by atoms with van der Waals surface area (Å²) in [5, 5.41) is 6.12. The Hall–Kier alpha value is -4.10. The summed E-state index contributed by atoms with van der Waals surface area (Å²) in [7, 11) is 1.32. The molecule has 198 valence electrons. The molecule has 0 aliphatic carbocycles. The monoisotopic (exact) mass is 516 g/mol. The molecule has 6 nitrogen and oxygen atoms in total. The summed E-state index contributed by atoms with van der Waals surface area (Å²) in [4.78, 5) is 13.5. The topological polar surface area (TPSA) is 60.0 Å². The quantitative estimate of drug-likeness (QED) is 0.259. The third-order valence-electron chi connectivity index (χ3n) is 6.81. The van der Waals surface area contributed by atoms with Crippen molar-refractivity contribution in [3.05, 3.63) is 96.3 Å². The molecule has 0 spiro atoms. The van der Waals surface area contributed by atoms with Gasteiger partial charge >= 0.3 is 5.97 Å². The molecule has 5 rings (SSSR count). The third kappa shape index (κ3) is 5.73. The predicted octanol–water partition coefficient (Wildman–Crippen LogP) is 6.42. The fourth-order valence-electron chi connectivity index (χ4n) is 4.86. The van der Waals surface area contributed by atoms with Crippen LogP contribution in [0.25, 0.3) is 10.8 Å². The molecule has 1 aliphatic rings. The molecule has 4 aromatic rings. The van der Waals surface area contributed by atoms with E-state index in [1.165, 1.54) is 35.6 Å². The summed E-state index contributed by atoms with van der Waals surface area (Å²) >= 11 is 0. The van der Waals surface area contributed by atoms with Gasteiger partial charge in [-0.1, -0.05) is 48.5 Å². The molecule has 1 N–H and O–H groups in total. The molecule has 4 aromatic carbocycles. The Morgan fingerprint density at radius 3 is 2.79 bits per heavy atom. The number of halogens is 1. The van der Waals surface area contributed by atoms with Crippen LogP contribution in [0.1, 0.15) is 26.4 Å². The van der Waals surface area contributed by atoms with Crippen LogP contribution in [0.4, 0.5) is 15.8 Å². The average molecular weight is 517 g/mol. The minimum absolute atomic E-state index is 0. The van der Waals surface area contributed by atoms with Gasteiger partial charge in [-0.05, 0) is 60.5 Å². The van der Waals surface area contributed by atoms with Gasteiger partial charge in [-0.25, -0.2) is 9.18 Å². The zero-order chi connectivity index (χ0) is 26.5. The first-order chi connectivity index (χ1) is 18.5. The zero-order valence-electron chi connectivity index (χ0n) is 21.5. The van der Waals surface area contributed by atoms with Crippen molar-refractivity contribution in [2.24, 2.45) is 0 Å². The van der Waals surface area contributed by atoms with E-state index in [-0.39, 0.29) is 26.0 Å². The molecule has 2 atom stereocenters. The molecule has 0 saturated heterocycles. The van der Waals surface area contributed by atoms with E-state index in [0.29, 0.717) is 23.7 Å². The molecule has 0 amide bonds. The molecule has 1 unspecified atom stereocenters. The molecule has 0 fully saturated rings. The maximum atomic E-state index is 14.2. The average Bonchev–Trinajstić information content (AvgIpc) is 2.95. The number of carbonyl (C=O) groups excluding carboxylic acids is 1. The number of carbonyl (C=O) groups is 1. The first-order valence-electron chi connectivity index (χ1n) is 12.8. The van der Waals surface area contributed by atoms with Crippen molar-refractivity contribution in [2.75, 3.05) is 31.7 Å². The zero-order valence-corrected chi connectivity index (χ0v) is 21.5. The summed E-state index contributed by atoms with van der Waals surface area (Å²) in [6.07, 6.45) is 0.654. The van der Waals surface area contributed by atoms with Gasteiger partial charge in [0.1, 0.15) is 23.4 Å². The molecule has 0 radical (unpaired) electrons. The number of nitrogens with one attached hydrogen (secondary N) is 1. The van der Waals surface area contributed by atoms with Crippen LogP contribution in [-0.2, 0) is 9.53 Å². The molecular formula is C31H33FN2O4. The van der Waals surface area contributed by atoms with Gasteiger partial charge in [0.05, 0.1) is 19.3 Å². The van der Waals surface area contributed by atoms with Gasteiger partial charge in [0.15, 0.2) is 6.61 Å². The maximum absolute atomic E-state index is 14.2. The van der Waals surface area contributed by atoms with E-state index in [9.17, 15) is 9.18 Å². The van der Waals surface area contributed by atoms with Crippen LogP contribution in [0, 0.1) is 5.82 Å². The Balaban J connectivity index is 0.00000353. The van der Waals surface area contributed by atoms with Gasteiger partial charge in [0.25, 0.3) is 0 Å². The lowest BCUT2D eigenvalue weighted by Crippen LogP contribution is -2.39. The van der Waals surface area contributed by atoms with E-state index in [0.717, 1.165) is 18.7 Å². The lowest BCUT2D eigenvalue weighted by molar-refractivity contribution is -0.142. The van der Waals surface area contributed by atoms with Crippen LogP contribution in [0.3, 0.4) is 0 Å². The van der Waals surface area contributed by atoms with Crippen molar-refractivity contribution < 1.29 is 24.8 Å². The van der Waals surface area contributed by atoms with E-state index < -0.39 is 5.97 Å². The van der Waals surface area contributed by atoms with Crippen LogP contribution in [0.5, 0.6) is 11.5 Å². The second-order valence-corrected chi connectivity index (χ2v) is 9.36. The Morgan fingerprint density at radius 1 is 1.11 bits per heavy atom. The van der Waals surface area contributed by atoms with E-state index in [2.05, 4.69) is 59.4 Å². The van der Waals surface area contributed by atoms with Gasteiger partial charge in [-0.2, -0.15) is 0 Å². The highest BCUT2D eigenvalue weighted by Crippen LogP contribution is 2.40. The SMILES string of the molecule is COC(=O)COc1cccc(N2CC(CCN[C@H](C)c3cccc4ccccc34)Oc3ccc(F)cc32)c1.[HH]. The van der Waals surface area contributed by atoms with E-state index in [1.807, 2.05) is 23.1 Å². The van der Waals surface area contributed by atoms with Crippen molar-refractivity contribution >= 4 is 28.1 Å². The van der Waals surface area contributed by atoms with Gasteiger partial charge < -0.3 is 24.4 Å². The van der Waals surface area contributed by atoms with E-state index in [1.54, 1.807) is 12.1 Å². The number of rotatable bonds is 9. The van der Waals surface area contributed by atoms with Crippen LogP contribution in [-0.4, -0.2) is 38.9 Å². The number of nitrogens with zero attached hydrogens (tertiary/aromatic N) is 1. The highest BCUT2D eigenvalue weighted by atomic mass is 19.1. The highest BCUT2D eigenvalue weighted by Gasteiger charge is 2.27. The number of ether oxygens (including phenoxy) is 3. The number of hydrogen-bond acceptors (Lipinski definition) is 6. The lowest BCUT2D eigenvalue weighted by atomic mass is 9.99. The van der Waals surface area contributed by atoms with E-state index in [4.69, 9.17) is 9.47 Å². The standard InChI is InChI=1S/C31H31FN2O4.H2/c1-21(27-12-5-8-22-7-3-4-11-28(22)27)33-16-15-26-19-34(29-17-23(32)13-14-30(29)38-26)24-9-6-10-25(18-24)37-20-31(35)36-2;/h3-14,17-18,21,26,33H,15-16,19-20H2,1-2H3;1H/t21-,26?;/m1./s1. The summed E-state index contributed by atoms with van der Waals surface area (Å²) < 4.78 is 30.7. The van der Waals surface area contributed by atoms with Crippen LogP contribution in [0.15, 0.2) is 84.9 Å². The Morgan fingerprint density at radius 2 is 1.92 bits per heavy atom. The Kier molecular flexibility index (Phi) is 7.75. The van der Waals surface area contributed by atoms with Crippen molar-refractivity contribution in [1.82, 2.24) is 5.32 Å². The highest BCUT2D eigenvalue weighted by molar-refractivity contribution is 5.86. The van der Waals surface area contributed by atoms with Gasteiger partial charge in [-0.15, -0.1) is 0 Å². The second kappa shape index (κ2) is 11.5. The molecular weight excluding hydrogens is 483 g/mol. The van der Waals surface area contributed by atoms with Crippen LogP contribution < -0.4 is 19.7 Å². The molecule has 1 aliphatic heterocycles. The van der Waals surface area contributed by atoms with Gasteiger partial charge in [-0.3, -0.25) is 0 Å². The number of anilines is 2. The van der Waals surface area contributed by atoms with Gasteiger partial charge in [0.2, 0.25) is 0 Å². The van der Waals surface area contributed by atoms with Crippen molar-refractivity contribution in [2.45, 2.75) is 25.5 Å². The Labute approximate surface area is 223 Å². The first-order valence-corrected chi connectivity index (χ1v) is 12.8. The first kappa shape index (κ1) is 25.5. The summed E-state index contributed by atoms with van der Waals surface area (Å²) in [5.41, 5.74) is 2.74. The molecule has 0 bridgehead atoms. The normalized spacial score (nSPS) is 15.4. The minimum Gasteiger partial charge on any atom is -0.486 e.